The van der Waals surface area contributed by atoms with Crippen LogP contribution in [0.3, 0.4) is 0 Å². The van der Waals surface area contributed by atoms with Crippen LogP contribution in [0.25, 0.3) is 10.2 Å². The van der Waals surface area contributed by atoms with Gasteiger partial charge in [0.25, 0.3) is 0 Å². The number of hydrogen-bond donors (Lipinski definition) is 2. The summed E-state index contributed by atoms with van der Waals surface area (Å²) in [7, 11) is 0. The molecule has 1 amide bonds. The number of nitrogens with one attached hydrogen (secondary N) is 2. The normalized spacial score (nSPS) is 12.1. The van der Waals surface area contributed by atoms with Gasteiger partial charge in [-0.2, -0.15) is 0 Å². The lowest BCUT2D eigenvalue weighted by atomic mass is 10.2. The quantitative estimate of drug-likeness (QED) is 0.740. The summed E-state index contributed by atoms with van der Waals surface area (Å²) in [6, 6.07) is 11.6. The Hall–Kier alpha value is -2.47. The Bertz CT molecular complexity index is 860. The second kappa shape index (κ2) is 6.97. The number of hydrogen-bond acceptors (Lipinski definition) is 4. The summed E-state index contributed by atoms with van der Waals surface area (Å²) in [6.45, 7) is 4.16. The van der Waals surface area contributed by atoms with Crippen molar-refractivity contribution in [3.63, 3.8) is 0 Å². The van der Waals surface area contributed by atoms with Gasteiger partial charge in [-0.05, 0) is 49.7 Å². The minimum atomic E-state index is -0.378. The molecule has 2 aromatic carbocycles. The van der Waals surface area contributed by atoms with E-state index in [0.717, 1.165) is 26.5 Å². The monoisotopic (exact) mass is 343 g/mol. The Kier molecular flexibility index (Phi) is 4.76. The number of thiazole rings is 1. The van der Waals surface area contributed by atoms with Crippen LogP contribution in [0.4, 0.5) is 10.1 Å². The molecule has 0 aliphatic rings. The van der Waals surface area contributed by atoms with Gasteiger partial charge in [-0.1, -0.05) is 12.1 Å². The molecule has 0 saturated heterocycles. The minimum absolute atomic E-state index is 0.111. The Balaban J connectivity index is 1.59. The third kappa shape index (κ3) is 3.89. The average molecular weight is 343 g/mol. The third-order valence-corrected chi connectivity index (χ3v) is 4.59. The Morgan fingerprint density at radius 2 is 2.00 bits per heavy atom. The zero-order valence-corrected chi connectivity index (χ0v) is 14.3. The highest BCUT2D eigenvalue weighted by Crippen LogP contribution is 2.25. The summed E-state index contributed by atoms with van der Waals surface area (Å²) < 4.78 is 14.0. The summed E-state index contributed by atoms with van der Waals surface area (Å²) >= 11 is 1.63. The molecule has 2 N–H and O–H groups in total. The average Bonchev–Trinajstić information content (AvgIpc) is 2.93. The van der Waals surface area contributed by atoms with E-state index in [1.807, 2.05) is 32.0 Å². The summed E-state index contributed by atoms with van der Waals surface area (Å²) in [6.07, 6.45) is 0. The summed E-state index contributed by atoms with van der Waals surface area (Å²) in [5, 5.41) is 7.06. The molecule has 0 aliphatic heterocycles. The van der Waals surface area contributed by atoms with Crippen LogP contribution in [0.5, 0.6) is 0 Å². The molecule has 0 bridgehead atoms. The van der Waals surface area contributed by atoms with Crippen molar-refractivity contribution in [2.75, 3.05) is 5.32 Å². The number of amides is 1. The van der Waals surface area contributed by atoms with Crippen LogP contribution in [0.1, 0.15) is 17.5 Å². The molecule has 6 heteroatoms. The number of anilines is 1. The summed E-state index contributed by atoms with van der Waals surface area (Å²) in [5.41, 5.74) is 2.71. The van der Waals surface area contributed by atoms with E-state index in [1.54, 1.807) is 23.5 Å². The highest BCUT2D eigenvalue weighted by molar-refractivity contribution is 7.18. The van der Waals surface area contributed by atoms with Gasteiger partial charge >= 0.3 is 0 Å². The van der Waals surface area contributed by atoms with Gasteiger partial charge < -0.3 is 10.6 Å². The van der Waals surface area contributed by atoms with Gasteiger partial charge in [-0.3, -0.25) is 4.79 Å². The summed E-state index contributed by atoms with van der Waals surface area (Å²) in [5.74, 6) is -0.395. The van der Waals surface area contributed by atoms with Crippen LogP contribution in [0, 0.1) is 12.7 Å². The molecule has 0 radical (unpaired) electrons. The van der Waals surface area contributed by atoms with Crippen molar-refractivity contribution >= 4 is 33.1 Å². The lowest BCUT2D eigenvalue weighted by Crippen LogP contribution is -2.37. The van der Waals surface area contributed by atoms with Crippen molar-refractivity contribution in [1.82, 2.24) is 10.3 Å². The molecule has 1 atom stereocenters. The molecule has 0 fully saturated rings. The third-order valence-electron chi connectivity index (χ3n) is 3.65. The number of benzene rings is 2. The topological polar surface area (TPSA) is 54.0 Å². The van der Waals surface area contributed by atoms with E-state index in [1.165, 1.54) is 12.1 Å². The highest BCUT2D eigenvalue weighted by atomic mass is 32.1. The van der Waals surface area contributed by atoms with Gasteiger partial charge in [-0.25, -0.2) is 9.37 Å². The van der Waals surface area contributed by atoms with Crippen molar-refractivity contribution in [3.05, 3.63) is 58.9 Å². The van der Waals surface area contributed by atoms with E-state index in [0.29, 0.717) is 6.54 Å². The molecule has 3 rings (SSSR count). The molecule has 1 heterocycles. The molecular formula is C18H18FN3OS. The fourth-order valence-electron chi connectivity index (χ4n) is 2.39. The standard InChI is InChI=1S/C18H18FN3OS/c1-11(18(23)20-10-13-3-5-14(19)6-4-13)21-15-7-8-16-17(9-15)24-12(2)22-16/h3-9,11,21H,10H2,1-2H3,(H,20,23). The van der Waals surface area contributed by atoms with Crippen LogP contribution in [-0.4, -0.2) is 16.9 Å². The Morgan fingerprint density at radius 1 is 1.25 bits per heavy atom. The minimum Gasteiger partial charge on any atom is -0.374 e. The lowest BCUT2D eigenvalue weighted by molar-refractivity contribution is -0.121. The molecular weight excluding hydrogens is 325 g/mol. The molecule has 4 nitrogen and oxygen atoms in total. The number of carbonyl (C=O) groups is 1. The molecule has 124 valence electrons. The van der Waals surface area contributed by atoms with E-state index in [2.05, 4.69) is 15.6 Å². The number of aryl methyl sites for hydroxylation is 1. The maximum absolute atomic E-state index is 12.9. The number of fused-ring (bicyclic) bond motifs is 1. The maximum Gasteiger partial charge on any atom is 0.242 e. The van der Waals surface area contributed by atoms with Gasteiger partial charge in [-0.15, -0.1) is 11.3 Å². The fourth-order valence-corrected chi connectivity index (χ4v) is 3.26. The Morgan fingerprint density at radius 3 is 2.75 bits per heavy atom. The molecule has 1 aromatic heterocycles. The smallest absolute Gasteiger partial charge is 0.242 e. The first kappa shape index (κ1) is 16.4. The van der Waals surface area contributed by atoms with E-state index in [4.69, 9.17) is 0 Å². The van der Waals surface area contributed by atoms with Gasteiger partial charge in [0.1, 0.15) is 11.9 Å². The summed E-state index contributed by atoms with van der Waals surface area (Å²) in [4.78, 5) is 16.6. The fraction of sp³-hybridized carbons (Fsp3) is 0.222. The predicted molar refractivity (Wildman–Crippen MR) is 95.7 cm³/mol. The van der Waals surface area contributed by atoms with E-state index in [-0.39, 0.29) is 17.8 Å². The van der Waals surface area contributed by atoms with Crippen LogP contribution in [0.2, 0.25) is 0 Å². The van der Waals surface area contributed by atoms with Crippen LogP contribution in [-0.2, 0) is 11.3 Å². The number of aromatic nitrogens is 1. The molecule has 24 heavy (non-hydrogen) atoms. The largest absolute Gasteiger partial charge is 0.374 e. The zero-order valence-electron chi connectivity index (χ0n) is 13.5. The van der Waals surface area contributed by atoms with Crippen LogP contribution < -0.4 is 10.6 Å². The number of carbonyl (C=O) groups excluding carboxylic acids is 1. The first-order chi connectivity index (χ1) is 11.5. The molecule has 0 saturated carbocycles. The van der Waals surface area contributed by atoms with E-state index >= 15 is 0 Å². The molecule has 0 aliphatic carbocycles. The van der Waals surface area contributed by atoms with Gasteiger partial charge in [0.15, 0.2) is 0 Å². The van der Waals surface area contributed by atoms with Crippen molar-refractivity contribution in [2.45, 2.75) is 26.4 Å². The van der Waals surface area contributed by atoms with Crippen LogP contribution in [0.15, 0.2) is 42.5 Å². The van der Waals surface area contributed by atoms with Crippen molar-refractivity contribution in [1.29, 1.82) is 0 Å². The van der Waals surface area contributed by atoms with Gasteiger partial charge in [0.2, 0.25) is 5.91 Å². The highest BCUT2D eigenvalue weighted by Gasteiger charge is 2.13. The van der Waals surface area contributed by atoms with Gasteiger partial charge in [0.05, 0.1) is 15.2 Å². The zero-order chi connectivity index (χ0) is 17.1. The molecule has 3 aromatic rings. The SMILES string of the molecule is Cc1nc2ccc(NC(C)C(=O)NCc3ccc(F)cc3)cc2s1. The predicted octanol–water partition coefficient (Wildman–Crippen LogP) is 3.86. The lowest BCUT2D eigenvalue weighted by Gasteiger charge is -2.15. The molecule has 1 unspecified atom stereocenters. The van der Waals surface area contributed by atoms with Crippen molar-refractivity contribution < 1.29 is 9.18 Å². The van der Waals surface area contributed by atoms with Gasteiger partial charge in [0, 0.05) is 12.2 Å². The van der Waals surface area contributed by atoms with Crippen LogP contribution >= 0.6 is 11.3 Å². The van der Waals surface area contributed by atoms with Crippen molar-refractivity contribution in [2.24, 2.45) is 0 Å². The second-order valence-corrected chi connectivity index (χ2v) is 6.86. The maximum atomic E-state index is 12.9. The first-order valence-corrected chi connectivity index (χ1v) is 8.49. The Labute approximate surface area is 143 Å². The second-order valence-electron chi connectivity index (χ2n) is 5.63. The first-order valence-electron chi connectivity index (χ1n) is 7.67. The number of rotatable bonds is 5. The van der Waals surface area contributed by atoms with Crippen molar-refractivity contribution in [3.8, 4) is 0 Å². The number of nitrogens with zero attached hydrogens (tertiary/aromatic N) is 1. The van der Waals surface area contributed by atoms with E-state index in [9.17, 15) is 9.18 Å². The van der Waals surface area contributed by atoms with E-state index < -0.39 is 0 Å². The number of halogens is 1. The molecule has 0 spiro atoms.